The van der Waals surface area contributed by atoms with Crippen molar-refractivity contribution >= 4 is 29.0 Å². The average molecular weight is 360 g/mol. The van der Waals surface area contributed by atoms with Crippen molar-refractivity contribution < 1.29 is 4.79 Å². The molecule has 0 unspecified atom stereocenters. The monoisotopic (exact) mass is 360 g/mol. The van der Waals surface area contributed by atoms with E-state index < -0.39 is 0 Å². The Morgan fingerprint density at radius 1 is 1.24 bits per heavy atom. The maximum absolute atomic E-state index is 11.9. The fourth-order valence-corrected chi connectivity index (χ4v) is 2.82. The number of anilines is 1. The van der Waals surface area contributed by atoms with Gasteiger partial charge >= 0.3 is 0 Å². The zero-order valence-corrected chi connectivity index (χ0v) is 15.6. The van der Waals surface area contributed by atoms with Crippen LogP contribution in [0.3, 0.4) is 0 Å². The molecule has 1 amide bonds. The molecule has 0 aromatic carbocycles. The summed E-state index contributed by atoms with van der Waals surface area (Å²) in [4.78, 5) is 25.8. The Balaban J connectivity index is 1.69. The third-order valence-electron chi connectivity index (χ3n) is 3.40. The van der Waals surface area contributed by atoms with Gasteiger partial charge < -0.3 is 16.0 Å². The van der Waals surface area contributed by atoms with E-state index in [0.717, 1.165) is 17.0 Å². The lowest BCUT2D eigenvalue weighted by Crippen LogP contribution is -2.38. The number of nitrogens with one attached hydrogen (secondary N) is 3. The molecule has 2 heterocycles. The van der Waals surface area contributed by atoms with Crippen molar-refractivity contribution in [2.45, 2.75) is 33.2 Å². The van der Waals surface area contributed by atoms with E-state index >= 15 is 0 Å². The quantitative estimate of drug-likeness (QED) is 0.520. The minimum Gasteiger partial charge on any atom is -0.356 e. The number of guanidine groups is 1. The second kappa shape index (κ2) is 9.73. The van der Waals surface area contributed by atoms with Crippen molar-refractivity contribution in [3.63, 3.8) is 0 Å². The van der Waals surface area contributed by atoms with Crippen molar-refractivity contribution in [1.29, 1.82) is 0 Å². The number of aryl methyl sites for hydroxylation is 2. The number of aliphatic imine (C=N–C) groups is 1. The van der Waals surface area contributed by atoms with Crippen LogP contribution in [0.2, 0.25) is 0 Å². The molecule has 0 fully saturated rings. The van der Waals surface area contributed by atoms with E-state index in [9.17, 15) is 4.79 Å². The van der Waals surface area contributed by atoms with Crippen LogP contribution < -0.4 is 16.0 Å². The molecule has 3 N–H and O–H groups in total. The Labute approximate surface area is 152 Å². The van der Waals surface area contributed by atoms with Crippen LogP contribution >= 0.6 is 11.3 Å². The van der Waals surface area contributed by atoms with E-state index in [2.05, 4.69) is 37.8 Å². The maximum Gasteiger partial charge on any atom is 0.227 e. The lowest BCUT2D eigenvalue weighted by atomic mass is 10.3. The SMILES string of the molecule is CCc1cnc(CNC(=NC)NCCC(=O)Nc2ccc(C)cn2)s1. The van der Waals surface area contributed by atoms with Crippen LogP contribution in [0.15, 0.2) is 29.5 Å². The molecule has 8 heteroatoms. The minimum absolute atomic E-state index is 0.0909. The summed E-state index contributed by atoms with van der Waals surface area (Å²) in [6, 6.07) is 3.70. The molecule has 25 heavy (non-hydrogen) atoms. The van der Waals surface area contributed by atoms with Gasteiger partial charge in [-0.05, 0) is 25.0 Å². The van der Waals surface area contributed by atoms with Gasteiger partial charge in [0.15, 0.2) is 5.96 Å². The van der Waals surface area contributed by atoms with Gasteiger partial charge in [0.05, 0.1) is 6.54 Å². The second-order valence-electron chi connectivity index (χ2n) is 5.45. The Bertz CT molecular complexity index is 710. The van der Waals surface area contributed by atoms with Crippen molar-refractivity contribution in [1.82, 2.24) is 20.6 Å². The number of rotatable bonds is 7. The predicted octanol–water partition coefficient (Wildman–Crippen LogP) is 2.10. The summed E-state index contributed by atoms with van der Waals surface area (Å²) in [7, 11) is 1.70. The van der Waals surface area contributed by atoms with E-state index in [-0.39, 0.29) is 5.91 Å². The molecule has 2 rings (SSSR count). The van der Waals surface area contributed by atoms with Gasteiger partial charge in [0.25, 0.3) is 0 Å². The van der Waals surface area contributed by atoms with Gasteiger partial charge in [0.1, 0.15) is 10.8 Å². The molecule has 0 atom stereocenters. The number of aromatic nitrogens is 2. The van der Waals surface area contributed by atoms with Crippen LogP contribution in [-0.2, 0) is 17.8 Å². The van der Waals surface area contributed by atoms with Crippen LogP contribution in [0.1, 0.15) is 28.8 Å². The van der Waals surface area contributed by atoms with Crippen LogP contribution in [0.25, 0.3) is 0 Å². The molecule has 134 valence electrons. The van der Waals surface area contributed by atoms with Gasteiger partial charge in [-0.3, -0.25) is 9.79 Å². The number of pyridine rings is 1. The first-order valence-corrected chi connectivity index (χ1v) is 9.03. The summed E-state index contributed by atoms with van der Waals surface area (Å²) >= 11 is 1.69. The molecule has 0 aliphatic heterocycles. The summed E-state index contributed by atoms with van der Waals surface area (Å²) in [5.41, 5.74) is 1.06. The van der Waals surface area contributed by atoms with E-state index in [1.807, 2.05) is 19.2 Å². The van der Waals surface area contributed by atoms with E-state index in [1.165, 1.54) is 4.88 Å². The molecule has 0 radical (unpaired) electrons. The first-order chi connectivity index (χ1) is 12.1. The number of carbonyl (C=O) groups is 1. The number of hydrogen-bond acceptors (Lipinski definition) is 5. The van der Waals surface area contributed by atoms with Gasteiger partial charge in [-0.1, -0.05) is 13.0 Å². The molecular formula is C17H24N6OS. The van der Waals surface area contributed by atoms with Gasteiger partial charge in [-0.25, -0.2) is 9.97 Å². The molecule has 2 aromatic heterocycles. The zero-order chi connectivity index (χ0) is 18.1. The number of thiazole rings is 1. The maximum atomic E-state index is 11.9. The number of amides is 1. The zero-order valence-electron chi connectivity index (χ0n) is 14.8. The summed E-state index contributed by atoms with van der Waals surface area (Å²) in [6.45, 7) is 5.16. The Morgan fingerprint density at radius 2 is 2.08 bits per heavy atom. The number of hydrogen-bond donors (Lipinski definition) is 3. The number of nitrogens with zero attached hydrogens (tertiary/aromatic N) is 3. The second-order valence-corrected chi connectivity index (χ2v) is 6.65. The van der Waals surface area contributed by atoms with Crippen molar-refractivity contribution in [2.75, 3.05) is 18.9 Å². The smallest absolute Gasteiger partial charge is 0.227 e. The van der Waals surface area contributed by atoms with Crippen LogP contribution in [0.5, 0.6) is 0 Å². The minimum atomic E-state index is -0.0909. The van der Waals surface area contributed by atoms with Crippen molar-refractivity contribution in [2.24, 2.45) is 4.99 Å². The lowest BCUT2D eigenvalue weighted by Gasteiger charge is -2.11. The van der Waals surface area contributed by atoms with Crippen LogP contribution in [0, 0.1) is 6.92 Å². The summed E-state index contributed by atoms with van der Waals surface area (Å²) in [5.74, 6) is 1.12. The van der Waals surface area contributed by atoms with E-state index in [4.69, 9.17) is 0 Å². The normalized spacial score (nSPS) is 11.2. The molecule has 0 aliphatic rings. The lowest BCUT2D eigenvalue weighted by molar-refractivity contribution is -0.116. The van der Waals surface area contributed by atoms with Crippen molar-refractivity contribution in [3.8, 4) is 0 Å². The Kier molecular flexibility index (Phi) is 7.34. The highest BCUT2D eigenvalue weighted by Crippen LogP contribution is 2.12. The molecule has 0 aliphatic carbocycles. The highest BCUT2D eigenvalue weighted by Gasteiger charge is 2.05. The first-order valence-electron chi connectivity index (χ1n) is 8.21. The predicted molar refractivity (Wildman–Crippen MR) is 102 cm³/mol. The molecule has 0 saturated heterocycles. The standard InChI is InChI=1S/C17H24N6OS/c1-4-13-10-21-16(25-13)11-22-17(18-3)19-8-7-15(24)23-14-6-5-12(2)9-20-14/h5-6,9-10H,4,7-8,11H2,1-3H3,(H2,18,19,22)(H,20,23,24). The van der Waals surface area contributed by atoms with E-state index in [1.54, 1.807) is 30.6 Å². The third kappa shape index (κ3) is 6.50. The molecule has 0 spiro atoms. The molecular weight excluding hydrogens is 336 g/mol. The molecule has 7 nitrogen and oxygen atoms in total. The van der Waals surface area contributed by atoms with Gasteiger partial charge in [0.2, 0.25) is 5.91 Å². The molecule has 0 saturated carbocycles. The summed E-state index contributed by atoms with van der Waals surface area (Å²) < 4.78 is 0. The van der Waals surface area contributed by atoms with Gasteiger partial charge in [-0.2, -0.15) is 0 Å². The van der Waals surface area contributed by atoms with Crippen LogP contribution in [0.4, 0.5) is 5.82 Å². The van der Waals surface area contributed by atoms with Gasteiger partial charge in [-0.15, -0.1) is 11.3 Å². The fraction of sp³-hybridized carbons (Fsp3) is 0.412. The van der Waals surface area contributed by atoms with Crippen LogP contribution in [-0.4, -0.2) is 35.4 Å². The number of carbonyl (C=O) groups excluding carboxylic acids is 1. The molecule has 2 aromatic rings. The van der Waals surface area contributed by atoms with Crippen molar-refractivity contribution in [3.05, 3.63) is 40.0 Å². The topological polar surface area (TPSA) is 91.3 Å². The highest BCUT2D eigenvalue weighted by molar-refractivity contribution is 7.11. The highest BCUT2D eigenvalue weighted by atomic mass is 32.1. The Hall–Kier alpha value is -2.48. The Morgan fingerprint density at radius 3 is 2.72 bits per heavy atom. The van der Waals surface area contributed by atoms with E-state index in [0.29, 0.717) is 31.3 Å². The summed E-state index contributed by atoms with van der Waals surface area (Å²) in [5, 5.41) is 10.1. The third-order valence-corrected chi connectivity index (χ3v) is 4.55. The van der Waals surface area contributed by atoms with Gasteiger partial charge in [0, 0.05) is 37.3 Å². The molecule has 0 bridgehead atoms. The first kappa shape index (κ1) is 18.9. The summed E-state index contributed by atoms with van der Waals surface area (Å²) in [6.07, 6.45) is 4.95. The fourth-order valence-electron chi connectivity index (χ4n) is 2.01. The largest absolute Gasteiger partial charge is 0.356 e. The average Bonchev–Trinajstić information content (AvgIpc) is 3.08.